The second-order valence-electron chi connectivity index (χ2n) is 5.99. The lowest BCUT2D eigenvalue weighted by Crippen LogP contribution is -2.35. The molecule has 0 saturated heterocycles. The van der Waals surface area contributed by atoms with E-state index < -0.39 is 0 Å². The number of furan rings is 1. The summed E-state index contributed by atoms with van der Waals surface area (Å²) in [5.74, 6) is -0.00324. The summed E-state index contributed by atoms with van der Waals surface area (Å²) in [7, 11) is 1.58. The van der Waals surface area contributed by atoms with Crippen molar-refractivity contribution < 1.29 is 14.0 Å². The quantitative estimate of drug-likeness (QED) is 0.881. The van der Waals surface area contributed by atoms with Crippen molar-refractivity contribution >= 4 is 17.5 Å². The van der Waals surface area contributed by atoms with Crippen LogP contribution in [0.4, 0.5) is 5.69 Å². The second-order valence-corrected chi connectivity index (χ2v) is 5.99. The van der Waals surface area contributed by atoms with E-state index in [4.69, 9.17) is 10.2 Å². The van der Waals surface area contributed by atoms with Crippen LogP contribution in [-0.4, -0.2) is 30.3 Å². The van der Waals surface area contributed by atoms with Crippen LogP contribution in [0.25, 0.3) is 0 Å². The lowest BCUT2D eigenvalue weighted by molar-refractivity contribution is -0.116. The van der Waals surface area contributed by atoms with Gasteiger partial charge in [0.15, 0.2) is 0 Å². The summed E-state index contributed by atoms with van der Waals surface area (Å²) >= 11 is 0. The number of carbonyl (C=O) groups is 2. The van der Waals surface area contributed by atoms with Crippen molar-refractivity contribution in [2.45, 2.75) is 27.3 Å². The maximum absolute atomic E-state index is 12.3. The van der Waals surface area contributed by atoms with Gasteiger partial charge in [-0.25, -0.2) is 0 Å². The molecule has 128 valence electrons. The maximum atomic E-state index is 12.3. The van der Waals surface area contributed by atoms with Gasteiger partial charge in [-0.2, -0.15) is 0 Å². The van der Waals surface area contributed by atoms with E-state index in [-0.39, 0.29) is 24.9 Å². The molecule has 1 aromatic carbocycles. The normalized spacial score (nSPS) is 10.5. The number of anilines is 1. The van der Waals surface area contributed by atoms with Crippen LogP contribution in [0.5, 0.6) is 0 Å². The fraction of sp³-hybridized carbons (Fsp3) is 0.333. The highest BCUT2D eigenvalue weighted by molar-refractivity contribution is 5.99. The SMILES string of the molecule is Cc1cc(C)c(NC(=O)CN(C)C(=O)c2coc(CN)c2)c(C)c1. The van der Waals surface area contributed by atoms with Gasteiger partial charge in [-0.3, -0.25) is 9.59 Å². The molecule has 1 aromatic heterocycles. The van der Waals surface area contributed by atoms with Gasteiger partial charge in [-0.05, 0) is 38.0 Å². The summed E-state index contributed by atoms with van der Waals surface area (Å²) in [6.07, 6.45) is 1.35. The van der Waals surface area contributed by atoms with E-state index in [1.54, 1.807) is 13.1 Å². The van der Waals surface area contributed by atoms with Crippen molar-refractivity contribution in [3.05, 3.63) is 52.5 Å². The van der Waals surface area contributed by atoms with Crippen LogP contribution in [0.1, 0.15) is 32.8 Å². The van der Waals surface area contributed by atoms with Crippen LogP contribution >= 0.6 is 0 Å². The second kappa shape index (κ2) is 7.31. The molecule has 0 saturated carbocycles. The maximum Gasteiger partial charge on any atom is 0.257 e. The Labute approximate surface area is 141 Å². The number of nitrogens with two attached hydrogens (primary N) is 1. The molecule has 2 amide bonds. The van der Waals surface area contributed by atoms with Crippen molar-refractivity contribution in [2.75, 3.05) is 18.9 Å². The average molecular weight is 329 g/mol. The standard InChI is InChI=1S/C18H23N3O3/c1-11-5-12(2)17(13(3)6-11)20-16(22)9-21(4)18(23)14-7-15(8-19)24-10-14/h5-7,10H,8-9,19H2,1-4H3,(H,20,22). The van der Waals surface area contributed by atoms with Crippen LogP contribution in [0, 0.1) is 20.8 Å². The minimum atomic E-state index is -0.286. The fourth-order valence-corrected chi connectivity index (χ4v) is 2.66. The topological polar surface area (TPSA) is 88.6 Å². The monoisotopic (exact) mass is 329 g/mol. The van der Waals surface area contributed by atoms with Gasteiger partial charge in [0.25, 0.3) is 5.91 Å². The van der Waals surface area contributed by atoms with Crippen LogP contribution in [0.3, 0.4) is 0 Å². The van der Waals surface area contributed by atoms with Gasteiger partial charge in [0.2, 0.25) is 5.91 Å². The van der Waals surface area contributed by atoms with Gasteiger partial charge < -0.3 is 20.4 Å². The molecule has 0 aliphatic carbocycles. The molecule has 24 heavy (non-hydrogen) atoms. The van der Waals surface area contributed by atoms with Gasteiger partial charge in [-0.15, -0.1) is 0 Å². The molecule has 0 radical (unpaired) electrons. The summed E-state index contributed by atoms with van der Waals surface area (Å²) in [6, 6.07) is 5.61. The number of benzene rings is 1. The first-order valence-electron chi connectivity index (χ1n) is 7.72. The van der Waals surface area contributed by atoms with E-state index >= 15 is 0 Å². The summed E-state index contributed by atoms with van der Waals surface area (Å²) in [5, 5.41) is 2.88. The highest BCUT2D eigenvalue weighted by Crippen LogP contribution is 2.21. The summed E-state index contributed by atoms with van der Waals surface area (Å²) in [5.41, 5.74) is 9.78. The third-order valence-electron chi connectivity index (χ3n) is 3.77. The Morgan fingerprint density at radius 2 is 1.79 bits per heavy atom. The predicted octanol–water partition coefficient (Wildman–Crippen LogP) is 2.37. The number of amides is 2. The number of aryl methyl sites for hydroxylation is 3. The zero-order valence-electron chi connectivity index (χ0n) is 14.5. The van der Waals surface area contributed by atoms with E-state index in [0.717, 1.165) is 22.4 Å². The molecule has 0 bridgehead atoms. The first kappa shape index (κ1) is 17.7. The van der Waals surface area contributed by atoms with Gasteiger partial charge >= 0.3 is 0 Å². The highest BCUT2D eigenvalue weighted by atomic mass is 16.3. The third-order valence-corrected chi connectivity index (χ3v) is 3.77. The Morgan fingerprint density at radius 3 is 2.33 bits per heavy atom. The van der Waals surface area contributed by atoms with Gasteiger partial charge in [0.05, 0.1) is 18.7 Å². The lowest BCUT2D eigenvalue weighted by atomic mass is 10.1. The summed E-state index contributed by atoms with van der Waals surface area (Å²) in [6.45, 7) is 6.09. The molecule has 0 aliphatic rings. The van der Waals surface area contributed by atoms with E-state index in [9.17, 15) is 9.59 Å². The Morgan fingerprint density at radius 1 is 1.17 bits per heavy atom. The first-order chi connectivity index (χ1) is 11.3. The number of likely N-dealkylation sites (N-methyl/N-ethyl adjacent to an activating group) is 1. The number of hydrogen-bond donors (Lipinski definition) is 2. The van der Waals surface area contributed by atoms with E-state index in [2.05, 4.69) is 5.32 Å². The molecule has 0 fully saturated rings. The van der Waals surface area contributed by atoms with Crippen molar-refractivity contribution in [2.24, 2.45) is 5.73 Å². The molecule has 2 rings (SSSR count). The van der Waals surface area contributed by atoms with Gasteiger partial charge in [0, 0.05) is 12.7 Å². The smallest absolute Gasteiger partial charge is 0.257 e. The Kier molecular flexibility index (Phi) is 5.41. The molecule has 0 atom stereocenters. The number of rotatable bonds is 5. The van der Waals surface area contributed by atoms with Crippen LogP contribution in [-0.2, 0) is 11.3 Å². The number of nitrogens with one attached hydrogen (secondary N) is 1. The number of carbonyl (C=O) groups excluding carboxylic acids is 2. The zero-order valence-corrected chi connectivity index (χ0v) is 14.5. The number of nitrogens with zero attached hydrogens (tertiary/aromatic N) is 1. The highest BCUT2D eigenvalue weighted by Gasteiger charge is 2.18. The van der Waals surface area contributed by atoms with E-state index in [1.807, 2.05) is 32.9 Å². The van der Waals surface area contributed by atoms with Crippen molar-refractivity contribution in [3.8, 4) is 0 Å². The van der Waals surface area contributed by atoms with Gasteiger partial charge in [0.1, 0.15) is 12.0 Å². The molecule has 0 spiro atoms. The van der Waals surface area contributed by atoms with Crippen molar-refractivity contribution in [1.82, 2.24) is 4.90 Å². The molecule has 3 N–H and O–H groups in total. The van der Waals surface area contributed by atoms with Crippen molar-refractivity contribution in [3.63, 3.8) is 0 Å². The molecular formula is C18H23N3O3. The molecule has 6 nitrogen and oxygen atoms in total. The molecule has 6 heteroatoms. The van der Waals surface area contributed by atoms with Gasteiger partial charge in [-0.1, -0.05) is 17.7 Å². The molecule has 2 aromatic rings. The molecule has 0 unspecified atom stereocenters. The summed E-state index contributed by atoms with van der Waals surface area (Å²) in [4.78, 5) is 25.9. The van der Waals surface area contributed by atoms with E-state index in [1.165, 1.54) is 11.2 Å². The Hall–Kier alpha value is -2.60. The minimum absolute atomic E-state index is 0.0469. The van der Waals surface area contributed by atoms with Crippen LogP contribution < -0.4 is 11.1 Å². The predicted molar refractivity (Wildman–Crippen MR) is 92.8 cm³/mol. The summed E-state index contributed by atoms with van der Waals surface area (Å²) < 4.78 is 5.16. The molecule has 1 heterocycles. The van der Waals surface area contributed by atoms with Crippen LogP contribution in [0.2, 0.25) is 0 Å². The minimum Gasteiger partial charge on any atom is -0.467 e. The zero-order chi connectivity index (χ0) is 17.9. The molecular weight excluding hydrogens is 306 g/mol. The molecule has 0 aliphatic heterocycles. The largest absolute Gasteiger partial charge is 0.467 e. The lowest BCUT2D eigenvalue weighted by Gasteiger charge is -2.18. The first-order valence-corrected chi connectivity index (χ1v) is 7.72. The number of hydrogen-bond acceptors (Lipinski definition) is 4. The van der Waals surface area contributed by atoms with Crippen LogP contribution in [0.15, 0.2) is 28.9 Å². The Balaban J connectivity index is 2.03. The third kappa shape index (κ3) is 4.02. The van der Waals surface area contributed by atoms with Crippen molar-refractivity contribution in [1.29, 1.82) is 0 Å². The Bertz CT molecular complexity index is 742. The average Bonchev–Trinajstić information content (AvgIpc) is 2.99. The van der Waals surface area contributed by atoms with E-state index in [0.29, 0.717) is 11.3 Å². The fourth-order valence-electron chi connectivity index (χ4n) is 2.66.